The van der Waals surface area contributed by atoms with Crippen LogP contribution in [-0.4, -0.2) is 30.9 Å². The molecule has 0 radical (unpaired) electrons. The van der Waals surface area contributed by atoms with E-state index in [1.54, 1.807) is 36.0 Å². The molecule has 0 unspecified atom stereocenters. The maximum atomic E-state index is 14.4. The summed E-state index contributed by atoms with van der Waals surface area (Å²) in [4.78, 5) is 0. The van der Waals surface area contributed by atoms with Crippen LogP contribution < -0.4 is 4.74 Å². The summed E-state index contributed by atoms with van der Waals surface area (Å²) in [6.07, 6.45) is -4.63. The number of hydrogen-bond acceptors (Lipinski definition) is 4. The summed E-state index contributed by atoms with van der Waals surface area (Å²) in [5.74, 6) is 0.0285. The summed E-state index contributed by atoms with van der Waals surface area (Å²) >= 11 is 1.62. The lowest BCUT2D eigenvalue weighted by molar-refractivity contribution is -0.142. The van der Waals surface area contributed by atoms with Gasteiger partial charge in [0, 0.05) is 23.2 Å². The van der Waals surface area contributed by atoms with E-state index in [1.807, 2.05) is 61.9 Å². The minimum atomic E-state index is -4.63. The molecule has 0 amide bonds. The third kappa shape index (κ3) is 3.39. The molecule has 9 heteroatoms. The molecule has 0 spiro atoms. The summed E-state index contributed by atoms with van der Waals surface area (Å²) in [6.45, 7) is 5.77. The van der Waals surface area contributed by atoms with Crippen LogP contribution in [0.25, 0.3) is 11.4 Å². The maximum absolute atomic E-state index is 14.4. The third-order valence-electron chi connectivity index (χ3n) is 6.89. The van der Waals surface area contributed by atoms with Crippen LogP contribution in [0.15, 0.2) is 65.7 Å². The van der Waals surface area contributed by atoms with Crippen LogP contribution in [0.1, 0.15) is 42.3 Å². The van der Waals surface area contributed by atoms with E-state index in [1.165, 1.54) is 4.68 Å². The third-order valence-corrected chi connectivity index (χ3v) is 8.08. The molecule has 0 aliphatic carbocycles. The molecule has 4 heterocycles. The van der Waals surface area contributed by atoms with E-state index in [0.29, 0.717) is 11.4 Å². The van der Waals surface area contributed by atoms with Crippen molar-refractivity contribution in [1.29, 1.82) is 0 Å². The zero-order chi connectivity index (χ0) is 24.5. The molecular formula is C26H23F3N4OS. The van der Waals surface area contributed by atoms with Gasteiger partial charge in [-0.3, -0.25) is 0 Å². The Labute approximate surface area is 204 Å². The molecule has 2 aromatic heterocycles. The van der Waals surface area contributed by atoms with E-state index in [2.05, 4.69) is 5.10 Å². The van der Waals surface area contributed by atoms with E-state index < -0.39 is 23.4 Å². The van der Waals surface area contributed by atoms with Crippen molar-refractivity contribution in [2.45, 2.75) is 43.5 Å². The molecule has 0 N–H and O–H groups in total. The quantitative estimate of drug-likeness (QED) is 0.322. The Morgan fingerprint density at radius 2 is 1.51 bits per heavy atom. The van der Waals surface area contributed by atoms with Gasteiger partial charge < -0.3 is 4.74 Å². The van der Waals surface area contributed by atoms with Gasteiger partial charge in [0.2, 0.25) is 5.88 Å². The highest BCUT2D eigenvalue weighted by molar-refractivity contribution is 7.99. The number of nitrogens with zero attached hydrogens (tertiary/aromatic N) is 4. The zero-order valence-electron chi connectivity index (χ0n) is 19.4. The summed E-state index contributed by atoms with van der Waals surface area (Å²) < 4.78 is 52.8. The fourth-order valence-electron chi connectivity index (χ4n) is 5.24. The number of benzene rings is 2. The van der Waals surface area contributed by atoms with Crippen LogP contribution in [0.5, 0.6) is 5.88 Å². The van der Waals surface area contributed by atoms with Crippen molar-refractivity contribution in [3.8, 4) is 17.3 Å². The highest BCUT2D eigenvalue weighted by Gasteiger charge is 2.55. The van der Waals surface area contributed by atoms with Crippen molar-refractivity contribution in [1.82, 2.24) is 19.6 Å². The van der Waals surface area contributed by atoms with Crippen LogP contribution in [0.2, 0.25) is 0 Å². The van der Waals surface area contributed by atoms with Crippen molar-refractivity contribution in [3.63, 3.8) is 0 Å². The largest absolute Gasteiger partial charge is 0.471 e. The molecule has 2 aromatic carbocycles. The maximum Gasteiger partial charge on any atom is 0.435 e. The Bertz CT molecular complexity index is 1410. The SMILES string of the molecule is Cc1nn(-c2ccccc2)c2c1[C@H]1c3c(C(F)(F)F)nn(-c4ccccc4)c3OC(C)(C)[C@H]1CS2. The molecule has 6 rings (SSSR count). The second-order valence-electron chi connectivity index (χ2n) is 9.46. The lowest BCUT2D eigenvalue weighted by Gasteiger charge is -2.46. The summed E-state index contributed by atoms with van der Waals surface area (Å²) in [5.41, 5.74) is 1.44. The Hall–Kier alpha value is -3.20. The van der Waals surface area contributed by atoms with Crippen LogP contribution in [0.3, 0.4) is 0 Å². The van der Waals surface area contributed by atoms with Crippen LogP contribution in [0.4, 0.5) is 13.2 Å². The number of aromatic nitrogens is 4. The predicted molar refractivity (Wildman–Crippen MR) is 128 cm³/mol. The number of hydrogen-bond donors (Lipinski definition) is 0. The van der Waals surface area contributed by atoms with Crippen LogP contribution in [0, 0.1) is 12.8 Å². The Balaban J connectivity index is 1.64. The van der Waals surface area contributed by atoms with Crippen molar-refractivity contribution in [2.24, 2.45) is 5.92 Å². The van der Waals surface area contributed by atoms with Gasteiger partial charge >= 0.3 is 6.18 Å². The van der Waals surface area contributed by atoms with E-state index in [4.69, 9.17) is 9.84 Å². The number of rotatable bonds is 2. The van der Waals surface area contributed by atoms with Gasteiger partial charge in [-0.05, 0) is 45.0 Å². The highest BCUT2D eigenvalue weighted by Crippen LogP contribution is 2.58. The number of thioether (sulfide) groups is 1. The zero-order valence-corrected chi connectivity index (χ0v) is 20.2. The van der Waals surface area contributed by atoms with Crippen LogP contribution >= 0.6 is 11.8 Å². The van der Waals surface area contributed by atoms with Crippen molar-refractivity contribution in [3.05, 3.63) is 83.2 Å². The topological polar surface area (TPSA) is 44.9 Å². The lowest BCUT2D eigenvalue weighted by atomic mass is 9.72. The van der Waals surface area contributed by atoms with Gasteiger partial charge in [0.25, 0.3) is 0 Å². The van der Waals surface area contributed by atoms with E-state index >= 15 is 0 Å². The monoisotopic (exact) mass is 496 g/mol. The van der Waals surface area contributed by atoms with Gasteiger partial charge in [-0.15, -0.1) is 11.8 Å². The summed E-state index contributed by atoms with van der Waals surface area (Å²) in [5, 5.41) is 9.74. The van der Waals surface area contributed by atoms with E-state index in [-0.39, 0.29) is 17.4 Å². The molecular weight excluding hydrogens is 473 g/mol. The summed E-state index contributed by atoms with van der Waals surface area (Å²) in [7, 11) is 0. The van der Waals surface area contributed by atoms with E-state index in [9.17, 15) is 13.2 Å². The molecule has 0 bridgehead atoms. The number of aryl methyl sites for hydroxylation is 1. The van der Waals surface area contributed by atoms with Gasteiger partial charge in [0.15, 0.2) is 5.69 Å². The average molecular weight is 497 g/mol. The first-order chi connectivity index (χ1) is 16.7. The van der Waals surface area contributed by atoms with Gasteiger partial charge in [-0.25, -0.2) is 9.36 Å². The standard InChI is InChI=1S/C26H23F3N4OS/c1-15-19-20-18(14-35-24(19)33(30-15)17-12-8-5-9-13-17)25(2,3)34-23-21(20)22(26(27,28)29)31-32(23)16-10-6-4-7-11-16/h4-13,18,20H,14H2,1-3H3/t18-,20-/m0/s1. The molecule has 2 aliphatic rings. The molecule has 5 nitrogen and oxygen atoms in total. The van der Waals surface area contributed by atoms with Gasteiger partial charge in [-0.1, -0.05) is 36.4 Å². The number of fused-ring (bicyclic) bond motifs is 5. The second kappa shape index (κ2) is 7.65. The number of halogens is 3. The van der Waals surface area contributed by atoms with Gasteiger partial charge in [-0.2, -0.15) is 23.4 Å². The Morgan fingerprint density at radius 3 is 2.11 bits per heavy atom. The van der Waals surface area contributed by atoms with Gasteiger partial charge in [0.05, 0.1) is 22.6 Å². The second-order valence-corrected chi connectivity index (χ2v) is 10.5. The first-order valence-corrected chi connectivity index (χ1v) is 12.4. The Kier molecular flexibility index (Phi) is 4.87. The van der Waals surface area contributed by atoms with E-state index in [0.717, 1.165) is 22.0 Å². The first kappa shape index (κ1) is 22.3. The molecule has 2 aliphatic heterocycles. The van der Waals surface area contributed by atoms with Crippen LogP contribution in [-0.2, 0) is 6.18 Å². The molecule has 0 fully saturated rings. The number of alkyl halides is 3. The van der Waals surface area contributed by atoms with Crippen molar-refractivity contribution >= 4 is 11.8 Å². The minimum absolute atomic E-state index is 0.0999. The highest BCUT2D eigenvalue weighted by atomic mass is 32.2. The molecule has 35 heavy (non-hydrogen) atoms. The molecule has 0 saturated heterocycles. The minimum Gasteiger partial charge on any atom is -0.471 e. The predicted octanol–water partition coefficient (Wildman–Crippen LogP) is 6.41. The fraction of sp³-hybridized carbons (Fsp3) is 0.308. The molecule has 2 atom stereocenters. The fourth-order valence-corrected chi connectivity index (χ4v) is 6.87. The molecule has 0 saturated carbocycles. The van der Waals surface area contributed by atoms with Crippen molar-refractivity contribution < 1.29 is 17.9 Å². The van der Waals surface area contributed by atoms with Gasteiger partial charge in [0.1, 0.15) is 10.6 Å². The average Bonchev–Trinajstić information content (AvgIpc) is 3.38. The Morgan fingerprint density at radius 1 is 0.914 bits per heavy atom. The normalized spacial score (nSPS) is 20.5. The number of ether oxygens (including phenoxy) is 1. The molecule has 180 valence electrons. The lowest BCUT2D eigenvalue weighted by Crippen LogP contribution is -2.48. The number of para-hydroxylation sites is 2. The first-order valence-electron chi connectivity index (χ1n) is 11.4. The smallest absolute Gasteiger partial charge is 0.435 e. The molecule has 4 aromatic rings. The van der Waals surface area contributed by atoms with Crippen molar-refractivity contribution in [2.75, 3.05) is 5.75 Å². The summed E-state index contributed by atoms with van der Waals surface area (Å²) in [6, 6.07) is 18.5.